The van der Waals surface area contributed by atoms with Crippen molar-refractivity contribution in [1.29, 1.82) is 0 Å². The zero-order valence-corrected chi connectivity index (χ0v) is 13.3. The molecule has 10 rings (SSSR count). The van der Waals surface area contributed by atoms with Gasteiger partial charge in [0, 0.05) is 22.7 Å². The summed E-state index contributed by atoms with van der Waals surface area (Å²) in [6, 6.07) is 0. The van der Waals surface area contributed by atoms with Crippen molar-refractivity contribution in [2.45, 2.75) is 43.5 Å². The third-order valence-corrected chi connectivity index (χ3v) is 11.1. The molecule has 8 unspecified atom stereocenters. The zero-order chi connectivity index (χ0) is 14.4. The van der Waals surface area contributed by atoms with Crippen LogP contribution < -0.4 is 0 Å². The summed E-state index contributed by atoms with van der Waals surface area (Å²) in [7, 11) is 0. The van der Waals surface area contributed by atoms with Crippen LogP contribution in [0.25, 0.3) is 0 Å². The second-order valence-electron chi connectivity index (χ2n) is 10.4. The molecule has 2 nitrogen and oxygen atoms in total. The lowest BCUT2D eigenvalue weighted by Crippen LogP contribution is -2.70. The molecule has 0 aromatic heterocycles. The maximum Gasteiger partial charge on any atom is 0.179 e. The highest BCUT2D eigenvalue weighted by atomic mass is 16.7. The van der Waals surface area contributed by atoms with Crippen LogP contribution in [0.2, 0.25) is 0 Å². The molecule has 10 aliphatic rings. The molecule has 0 radical (unpaired) electrons. The Kier molecular flexibility index (Phi) is 1.22. The minimum atomic E-state index is -0.195. The molecule has 4 bridgehead atoms. The zero-order valence-electron chi connectivity index (χ0n) is 13.3. The van der Waals surface area contributed by atoms with Crippen LogP contribution in [-0.2, 0) is 9.47 Å². The number of rotatable bonds is 0. The monoisotopic (exact) mass is 306 g/mol. The highest BCUT2D eigenvalue weighted by Gasteiger charge is 3.10. The van der Waals surface area contributed by atoms with Crippen molar-refractivity contribution in [3.8, 4) is 0 Å². The van der Waals surface area contributed by atoms with Gasteiger partial charge in [-0.1, -0.05) is 24.3 Å². The predicted octanol–water partition coefficient (Wildman–Crippen LogP) is 3.30. The highest BCUT2D eigenvalue weighted by Crippen LogP contribution is 3.07. The van der Waals surface area contributed by atoms with Crippen LogP contribution in [0.15, 0.2) is 24.3 Å². The fourth-order valence-corrected chi connectivity index (χ4v) is 11.6. The third kappa shape index (κ3) is 0.594. The Morgan fingerprint density at radius 2 is 1.43 bits per heavy atom. The summed E-state index contributed by atoms with van der Waals surface area (Å²) in [5.41, 5.74) is 1.70. The molecular weight excluding hydrogens is 284 g/mol. The average Bonchev–Trinajstić information content (AvgIpc) is 2.98. The van der Waals surface area contributed by atoms with Gasteiger partial charge in [0.05, 0.1) is 12.2 Å². The van der Waals surface area contributed by atoms with Gasteiger partial charge in [0.25, 0.3) is 0 Å². The predicted molar refractivity (Wildman–Crippen MR) is 82.1 cm³/mol. The van der Waals surface area contributed by atoms with Crippen LogP contribution in [-0.4, -0.2) is 18.0 Å². The average molecular weight is 306 g/mol. The van der Waals surface area contributed by atoms with E-state index in [0.717, 1.165) is 47.5 Å². The molecule has 7 aliphatic carbocycles. The van der Waals surface area contributed by atoms with Crippen molar-refractivity contribution >= 4 is 0 Å². The van der Waals surface area contributed by atoms with Gasteiger partial charge in [-0.25, -0.2) is 0 Å². The van der Waals surface area contributed by atoms with Gasteiger partial charge in [0.1, 0.15) is 0 Å². The Morgan fingerprint density at radius 3 is 2.30 bits per heavy atom. The summed E-state index contributed by atoms with van der Waals surface area (Å²) in [4.78, 5) is 0. The van der Waals surface area contributed by atoms with Crippen LogP contribution in [0.1, 0.15) is 32.1 Å². The SMILES string of the molecule is C1=CCC23C4C5C6C7C(C4C2(C1)[C@@]71OC/C=C\C[C@]63O1)C51CC1. The number of ether oxygens (including phenoxy) is 2. The smallest absolute Gasteiger partial charge is 0.179 e. The van der Waals surface area contributed by atoms with Crippen molar-refractivity contribution in [3.63, 3.8) is 0 Å². The van der Waals surface area contributed by atoms with Gasteiger partial charge in [0.15, 0.2) is 5.79 Å². The number of allylic oxidation sites excluding steroid dienone is 2. The quantitative estimate of drug-likeness (QED) is 0.639. The molecule has 3 aliphatic heterocycles. The Balaban J connectivity index is 1.49. The van der Waals surface area contributed by atoms with Gasteiger partial charge in [0.2, 0.25) is 0 Å². The lowest BCUT2D eigenvalue weighted by molar-refractivity contribution is -0.288. The summed E-state index contributed by atoms with van der Waals surface area (Å²) >= 11 is 0. The van der Waals surface area contributed by atoms with E-state index in [2.05, 4.69) is 24.3 Å². The van der Waals surface area contributed by atoms with Gasteiger partial charge in [-0.05, 0) is 61.2 Å². The lowest BCUT2D eigenvalue weighted by atomic mass is 9.34. The Bertz CT molecular complexity index is 794. The first kappa shape index (κ1) is 11.1. The van der Waals surface area contributed by atoms with Gasteiger partial charge >= 0.3 is 0 Å². The maximum atomic E-state index is 7.22. The Morgan fingerprint density at radius 1 is 0.696 bits per heavy atom. The fourth-order valence-electron chi connectivity index (χ4n) is 11.6. The second-order valence-corrected chi connectivity index (χ2v) is 10.4. The van der Waals surface area contributed by atoms with Crippen molar-refractivity contribution in [2.24, 2.45) is 51.8 Å². The van der Waals surface area contributed by atoms with E-state index in [1.165, 1.54) is 32.1 Å². The molecule has 6 saturated carbocycles. The molecule has 5 spiro atoms. The molecule has 0 N–H and O–H groups in total. The molecule has 10 atom stereocenters. The van der Waals surface area contributed by atoms with Gasteiger partial charge in [-0.3, -0.25) is 0 Å². The van der Waals surface area contributed by atoms with Crippen LogP contribution in [0.3, 0.4) is 0 Å². The molecule has 0 amide bonds. The Hall–Kier alpha value is -0.600. The summed E-state index contributed by atoms with van der Waals surface area (Å²) in [6.07, 6.45) is 16.5. The molecule has 23 heavy (non-hydrogen) atoms. The van der Waals surface area contributed by atoms with E-state index in [9.17, 15) is 0 Å². The first-order valence-corrected chi connectivity index (χ1v) is 9.95. The van der Waals surface area contributed by atoms with Gasteiger partial charge in [-0.15, -0.1) is 0 Å². The van der Waals surface area contributed by atoms with Crippen LogP contribution in [0.5, 0.6) is 0 Å². The standard InChI is InChI=1S/C21H22O2/c1-2-6-19-14-12-16-15-11(17(12)8-9-17)13(14)18(19,5-1)20(15)7-3-4-10-22-21(16,19)23-20/h1-4,11-16H,5-10H2/b4-3-/t11?,12?,13?,14?,15?,16?,18?,19?,20-,21+/m0/s1. The molecule has 118 valence electrons. The number of hydrogen-bond acceptors (Lipinski definition) is 2. The topological polar surface area (TPSA) is 18.5 Å². The van der Waals surface area contributed by atoms with E-state index in [1.807, 2.05) is 0 Å². The molecule has 2 heteroatoms. The molecule has 0 aromatic rings. The summed E-state index contributed by atoms with van der Waals surface area (Å²) < 4.78 is 14.0. The first-order valence-electron chi connectivity index (χ1n) is 9.95. The van der Waals surface area contributed by atoms with Crippen molar-refractivity contribution < 1.29 is 9.47 Å². The highest BCUT2D eigenvalue weighted by molar-refractivity contribution is 5.56. The largest absolute Gasteiger partial charge is 0.345 e. The van der Waals surface area contributed by atoms with E-state index < -0.39 is 0 Å². The third-order valence-electron chi connectivity index (χ3n) is 11.1. The molecular formula is C21H22O2. The van der Waals surface area contributed by atoms with Gasteiger partial charge in [-0.2, -0.15) is 0 Å². The summed E-state index contributed by atoms with van der Waals surface area (Å²) in [5.74, 6) is 5.29. The van der Waals surface area contributed by atoms with Crippen LogP contribution in [0, 0.1) is 51.8 Å². The van der Waals surface area contributed by atoms with Crippen molar-refractivity contribution in [3.05, 3.63) is 24.3 Å². The van der Waals surface area contributed by atoms with Crippen LogP contribution >= 0.6 is 0 Å². The minimum Gasteiger partial charge on any atom is -0.345 e. The van der Waals surface area contributed by atoms with Crippen molar-refractivity contribution in [1.82, 2.24) is 0 Å². The fraction of sp³-hybridized carbons (Fsp3) is 0.810. The first-order chi connectivity index (χ1) is 11.3. The van der Waals surface area contributed by atoms with Gasteiger partial charge < -0.3 is 9.47 Å². The normalized spacial score (nSPS) is 78.3. The van der Waals surface area contributed by atoms with Crippen molar-refractivity contribution in [2.75, 3.05) is 6.61 Å². The van der Waals surface area contributed by atoms with E-state index in [4.69, 9.17) is 9.47 Å². The molecule has 3 heterocycles. The van der Waals surface area contributed by atoms with E-state index >= 15 is 0 Å². The Labute approximate surface area is 136 Å². The number of hydrogen-bond donors (Lipinski definition) is 0. The van der Waals surface area contributed by atoms with E-state index in [0.29, 0.717) is 10.8 Å². The van der Waals surface area contributed by atoms with Crippen LogP contribution in [0.4, 0.5) is 0 Å². The second kappa shape index (κ2) is 2.52. The summed E-state index contributed by atoms with van der Waals surface area (Å²) in [5, 5.41) is 0. The lowest BCUT2D eigenvalue weighted by Gasteiger charge is -2.67. The molecule has 2 saturated heterocycles. The summed E-state index contributed by atoms with van der Waals surface area (Å²) in [6.45, 7) is 0.780. The van der Waals surface area contributed by atoms with E-state index in [-0.39, 0.29) is 11.4 Å². The minimum absolute atomic E-state index is 0.145. The van der Waals surface area contributed by atoms with E-state index in [1.54, 1.807) is 0 Å². The molecule has 8 fully saturated rings. The molecule has 0 aromatic carbocycles. The maximum absolute atomic E-state index is 7.22.